The van der Waals surface area contributed by atoms with Gasteiger partial charge in [-0.15, -0.1) is 0 Å². The summed E-state index contributed by atoms with van der Waals surface area (Å²) in [6, 6.07) is 4.62. The lowest BCUT2D eigenvalue weighted by Gasteiger charge is -2.19. The highest BCUT2D eigenvalue weighted by atomic mass is 16.3. The van der Waals surface area contributed by atoms with E-state index in [9.17, 15) is 15.0 Å². The molecule has 0 radical (unpaired) electrons. The Hall–Kier alpha value is -1.55. The quantitative estimate of drug-likeness (QED) is 0.808. The maximum absolute atomic E-state index is 11.9. The van der Waals surface area contributed by atoms with Crippen molar-refractivity contribution in [3.8, 4) is 5.75 Å². The van der Waals surface area contributed by atoms with E-state index >= 15 is 0 Å². The molecule has 1 unspecified atom stereocenters. The first-order chi connectivity index (χ1) is 7.41. The number of carbonyl (C=O) groups excluding carboxylic acids is 1. The van der Waals surface area contributed by atoms with Crippen LogP contribution in [0.15, 0.2) is 18.2 Å². The van der Waals surface area contributed by atoms with Gasteiger partial charge in [0, 0.05) is 19.2 Å². The molecule has 0 saturated carbocycles. The lowest BCUT2D eigenvalue weighted by atomic mass is 10.1. The van der Waals surface area contributed by atoms with E-state index in [1.807, 2.05) is 0 Å². The van der Waals surface area contributed by atoms with Crippen molar-refractivity contribution in [2.45, 2.75) is 20.0 Å². The normalized spacial score (nSPS) is 12.2. The van der Waals surface area contributed by atoms with Crippen molar-refractivity contribution in [3.63, 3.8) is 0 Å². The van der Waals surface area contributed by atoms with Gasteiger partial charge in [0.1, 0.15) is 5.75 Å². The summed E-state index contributed by atoms with van der Waals surface area (Å²) in [7, 11) is 1.64. The Balaban J connectivity index is 2.88. The molecule has 0 aliphatic rings. The van der Waals surface area contributed by atoms with Crippen LogP contribution in [-0.4, -0.2) is 40.7 Å². The van der Waals surface area contributed by atoms with Gasteiger partial charge in [0.2, 0.25) is 0 Å². The smallest absolute Gasteiger partial charge is 0.253 e. The molecule has 1 amide bonds. The summed E-state index contributed by atoms with van der Waals surface area (Å²) in [5, 5.41) is 18.4. The maximum atomic E-state index is 11.9. The largest absolute Gasteiger partial charge is 0.508 e. The van der Waals surface area contributed by atoms with Crippen molar-refractivity contribution in [2.75, 3.05) is 13.6 Å². The molecule has 1 atom stereocenters. The Morgan fingerprint density at radius 1 is 1.50 bits per heavy atom. The van der Waals surface area contributed by atoms with Crippen LogP contribution in [0.4, 0.5) is 0 Å². The number of hydrogen-bond acceptors (Lipinski definition) is 3. The van der Waals surface area contributed by atoms with Gasteiger partial charge in [-0.25, -0.2) is 0 Å². The summed E-state index contributed by atoms with van der Waals surface area (Å²) in [5.74, 6) is -0.00868. The number of hydrogen-bond donors (Lipinski definition) is 2. The number of rotatable bonds is 3. The standard InChI is InChI=1S/C12H17NO3/c1-8-6-10(15)4-5-11(8)12(16)13(3)7-9(2)14/h4-6,9,14-15H,7H2,1-3H3. The van der Waals surface area contributed by atoms with Crippen molar-refractivity contribution in [1.82, 2.24) is 4.90 Å². The minimum atomic E-state index is -0.550. The molecule has 0 heterocycles. The van der Waals surface area contributed by atoms with E-state index in [4.69, 9.17) is 0 Å². The van der Waals surface area contributed by atoms with Crippen LogP contribution in [0.2, 0.25) is 0 Å². The number of benzene rings is 1. The number of aliphatic hydroxyl groups excluding tert-OH is 1. The summed E-state index contributed by atoms with van der Waals surface area (Å²) in [6.07, 6.45) is -0.550. The molecule has 0 aromatic heterocycles. The highest BCUT2D eigenvalue weighted by molar-refractivity contribution is 5.95. The predicted molar refractivity (Wildman–Crippen MR) is 61.5 cm³/mol. The third kappa shape index (κ3) is 2.97. The number of aliphatic hydroxyl groups is 1. The Kier molecular flexibility index (Phi) is 3.90. The third-order valence-electron chi connectivity index (χ3n) is 2.33. The van der Waals surface area contributed by atoms with Crippen LogP contribution < -0.4 is 0 Å². The number of phenols is 1. The fraction of sp³-hybridized carbons (Fsp3) is 0.417. The minimum absolute atomic E-state index is 0.146. The van der Waals surface area contributed by atoms with Crippen LogP contribution in [-0.2, 0) is 0 Å². The molecule has 0 saturated heterocycles. The van der Waals surface area contributed by atoms with E-state index in [0.29, 0.717) is 12.1 Å². The first kappa shape index (κ1) is 12.5. The van der Waals surface area contributed by atoms with E-state index in [2.05, 4.69) is 0 Å². The number of aromatic hydroxyl groups is 1. The number of aryl methyl sites for hydroxylation is 1. The lowest BCUT2D eigenvalue weighted by molar-refractivity contribution is 0.0703. The van der Waals surface area contributed by atoms with Crippen LogP contribution >= 0.6 is 0 Å². The van der Waals surface area contributed by atoms with Crippen LogP contribution in [0, 0.1) is 6.92 Å². The van der Waals surface area contributed by atoms with Crippen LogP contribution in [0.5, 0.6) is 5.75 Å². The topological polar surface area (TPSA) is 60.8 Å². The molecule has 88 valence electrons. The van der Waals surface area contributed by atoms with E-state index in [1.54, 1.807) is 33.0 Å². The van der Waals surface area contributed by atoms with Crippen molar-refractivity contribution < 1.29 is 15.0 Å². The molecule has 0 aliphatic carbocycles. The van der Waals surface area contributed by atoms with Crippen LogP contribution in [0.25, 0.3) is 0 Å². The van der Waals surface area contributed by atoms with Gasteiger partial charge in [0.15, 0.2) is 0 Å². The molecule has 2 N–H and O–H groups in total. The van der Waals surface area contributed by atoms with E-state index in [-0.39, 0.29) is 11.7 Å². The Labute approximate surface area is 95.1 Å². The van der Waals surface area contributed by atoms with E-state index in [1.165, 1.54) is 11.0 Å². The van der Waals surface area contributed by atoms with Crippen molar-refractivity contribution in [3.05, 3.63) is 29.3 Å². The Morgan fingerprint density at radius 3 is 2.62 bits per heavy atom. The van der Waals surface area contributed by atoms with Gasteiger partial charge in [0.25, 0.3) is 5.91 Å². The maximum Gasteiger partial charge on any atom is 0.253 e. The zero-order valence-electron chi connectivity index (χ0n) is 9.77. The third-order valence-corrected chi connectivity index (χ3v) is 2.33. The zero-order valence-corrected chi connectivity index (χ0v) is 9.77. The van der Waals surface area contributed by atoms with Crippen molar-refractivity contribution in [2.24, 2.45) is 0 Å². The van der Waals surface area contributed by atoms with Gasteiger partial charge in [-0.1, -0.05) is 0 Å². The summed E-state index contributed by atoms with van der Waals surface area (Å²) >= 11 is 0. The second-order valence-corrected chi connectivity index (χ2v) is 4.03. The van der Waals surface area contributed by atoms with Crippen LogP contribution in [0.3, 0.4) is 0 Å². The van der Waals surface area contributed by atoms with Gasteiger partial charge in [0.05, 0.1) is 6.10 Å². The molecule has 1 rings (SSSR count). The molecule has 4 nitrogen and oxygen atoms in total. The van der Waals surface area contributed by atoms with Gasteiger partial charge in [-0.05, 0) is 37.6 Å². The monoisotopic (exact) mass is 223 g/mol. The SMILES string of the molecule is Cc1cc(O)ccc1C(=O)N(C)CC(C)O. The molecule has 0 fully saturated rings. The van der Waals surface area contributed by atoms with Crippen molar-refractivity contribution >= 4 is 5.91 Å². The molecule has 1 aromatic carbocycles. The summed E-state index contributed by atoms with van der Waals surface area (Å²) in [4.78, 5) is 13.4. The Morgan fingerprint density at radius 2 is 2.12 bits per heavy atom. The highest BCUT2D eigenvalue weighted by Gasteiger charge is 2.15. The van der Waals surface area contributed by atoms with E-state index < -0.39 is 6.10 Å². The second kappa shape index (κ2) is 4.99. The zero-order chi connectivity index (χ0) is 12.3. The van der Waals surface area contributed by atoms with Gasteiger partial charge in [-0.3, -0.25) is 4.79 Å². The average Bonchev–Trinajstić information content (AvgIpc) is 2.15. The van der Waals surface area contributed by atoms with Gasteiger partial charge < -0.3 is 15.1 Å². The number of amides is 1. The van der Waals surface area contributed by atoms with Gasteiger partial charge in [-0.2, -0.15) is 0 Å². The average molecular weight is 223 g/mol. The first-order valence-electron chi connectivity index (χ1n) is 5.15. The Bertz CT molecular complexity index is 388. The number of phenolic OH excluding ortho intramolecular Hbond substituents is 1. The van der Waals surface area contributed by atoms with Crippen LogP contribution in [0.1, 0.15) is 22.8 Å². The fourth-order valence-corrected chi connectivity index (χ4v) is 1.57. The summed E-state index contributed by atoms with van der Waals surface area (Å²) in [5.41, 5.74) is 1.27. The number of carbonyl (C=O) groups is 1. The molecular formula is C12H17NO3. The van der Waals surface area contributed by atoms with Gasteiger partial charge >= 0.3 is 0 Å². The first-order valence-corrected chi connectivity index (χ1v) is 5.15. The highest BCUT2D eigenvalue weighted by Crippen LogP contribution is 2.17. The summed E-state index contributed by atoms with van der Waals surface area (Å²) in [6.45, 7) is 3.69. The number of nitrogens with zero attached hydrogens (tertiary/aromatic N) is 1. The second-order valence-electron chi connectivity index (χ2n) is 4.03. The molecule has 0 spiro atoms. The molecule has 1 aromatic rings. The lowest BCUT2D eigenvalue weighted by Crippen LogP contribution is -2.33. The van der Waals surface area contributed by atoms with Crippen molar-refractivity contribution in [1.29, 1.82) is 0 Å². The minimum Gasteiger partial charge on any atom is -0.508 e. The molecule has 4 heteroatoms. The molecule has 0 bridgehead atoms. The molecular weight excluding hydrogens is 206 g/mol. The predicted octanol–water partition coefficient (Wildman–Crippen LogP) is 1.15. The fourth-order valence-electron chi connectivity index (χ4n) is 1.57. The summed E-state index contributed by atoms with van der Waals surface area (Å²) < 4.78 is 0. The molecule has 0 aliphatic heterocycles. The molecule has 16 heavy (non-hydrogen) atoms. The van der Waals surface area contributed by atoms with E-state index in [0.717, 1.165) is 5.56 Å². The number of likely N-dealkylation sites (N-methyl/N-ethyl adjacent to an activating group) is 1.